The summed E-state index contributed by atoms with van der Waals surface area (Å²) in [7, 11) is 0. The molecule has 0 aromatic heterocycles. The Kier molecular flexibility index (Phi) is 3.94. The molecule has 1 N–H and O–H groups in total. The van der Waals surface area contributed by atoms with Crippen LogP contribution < -0.4 is 0 Å². The van der Waals surface area contributed by atoms with E-state index in [-0.39, 0.29) is 11.8 Å². The third kappa shape index (κ3) is 2.61. The molecule has 1 aliphatic rings. The Labute approximate surface area is 89.7 Å². The van der Waals surface area contributed by atoms with E-state index in [0.717, 1.165) is 0 Å². The molecule has 2 amide bonds. The number of likely N-dealkylation sites (tertiary alicyclic amines) is 1. The average Bonchev–Trinajstić information content (AvgIpc) is 2.68. The zero-order valence-corrected chi connectivity index (χ0v) is 9.27. The van der Waals surface area contributed by atoms with E-state index in [1.165, 1.54) is 4.90 Å². The van der Waals surface area contributed by atoms with Crippen molar-refractivity contribution < 1.29 is 14.7 Å². The van der Waals surface area contributed by atoms with Gasteiger partial charge in [0.25, 0.3) is 0 Å². The molecule has 15 heavy (non-hydrogen) atoms. The Morgan fingerprint density at radius 1 is 1.40 bits per heavy atom. The predicted octanol–water partition coefficient (Wildman–Crippen LogP) is 0.855. The molecule has 1 rings (SSSR count). The molecule has 0 spiro atoms. The highest BCUT2D eigenvalue weighted by Crippen LogP contribution is 2.18. The highest BCUT2D eigenvalue weighted by Gasteiger charge is 2.32. The van der Waals surface area contributed by atoms with E-state index in [1.807, 2.05) is 13.8 Å². The maximum absolute atomic E-state index is 11.9. The minimum atomic E-state index is -0.926. The normalized spacial score (nSPS) is 20.4. The molecule has 1 unspecified atom stereocenters. The second-order valence-electron chi connectivity index (χ2n) is 3.72. The third-order valence-corrected chi connectivity index (χ3v) is 2.88. The van der Waals surface area contributed by atoms with E-state index in [0.29, 0.717) is 32.6 Å². The molecule has 86 valence electrons. The number of hydrogen-bond donors (Lipinski definition) is 1. The lowest BCUT2D eigenvalue weighted by Gasteiger charge is -2.22. The molecule has 1 heterocycles. The molecule has 0 radical (unpaired) electrons. The van der Waals surface area contributed by atoms with Crippen molar-refractivity contribution >= 4 is 12.0 Å². The lowest BCUT2D eigenvalue weighted by atomic mass is 10.1. The van der Waals surface area contributed by atoms with Gasteiger partial charge < -0.3 is 14.9 Å². The van der Waals surface area contributed by atoms with Crippen molar-refractivity contribution in [1.82, 2.24) is 9.80 Å². The van der Waals surface area contributed by atoms with Gasteiger partial charge in [-0.1, -0.05) is 0 Å². The second-order valence-corrected chi connectivity index (χ2v) is 3.72. The first-order chi connectivity index (χ1) is 7.10. The van der Waals surface area contributed by atoms with Crippen molar-refractivity contribution in [3.05, 3.63) is 0 Å². The molecule has 0 bridgehead atoms. The van der Waals surface area contributed by atoms with Crippen molar-refractivity contribution in [3.8, 4) is 0 Å². The van der Waals surface area contributed by atoms with Gasteiger partial charge in [0.2, 0.25) is 5.91 Å². The Balaban J connectivity index is 2.53. The van der Waals surface area contributed by atoms with Crippen LogP contribution in [0.5, 0.6) is 0 Å². The summed E-state index contributed by atoms with van der Waals surface area (Å²) < 4.78 is 0. The van der Waals surface area contributed by atoms with Crippen molar-refractivity contribution in [2.24, 2.45) is 5.92 Å². The van der Waals surface area contributed by atoms with Crippen LogP contribution in [0.25, 0.3) is 0 Å². The van der Waals surface area contributed by atoms with Crippen molar-refractivity contribution in [1.29, 1.82) is 0 Å². The largest absolute Gasteiger partial charge is 0.465 e. The third-order valence-electron chi connectivity index (χ3n) is 2.88. The van der Waals surface area contributed by atoms with Gasteiger partial charge in [0.1, 0.15) is 0 Å². The standard InChI is InChI=1S/C10H18N2O3/c1-3-11(4-2)9(13)8-5-6-12(7-8)10(14)15/h8H,3-7H2,1-2H3,(H,14,15). The lowest BCUT2D eigenvalue weighted by molar-refractivity contribution is -0.134. The van der Waals surface area contributed by atoms with Gasteiger partial charge in [-0.15, -0.1) is 0 Å². The SMILES string of the molecule is CCN(CC)C(=O)C1CCN(C(=O)O)C1. The van der Waals surface area contributed by atoms with Gasteiger partial charge in [0, 0.05) is 26.2 Å². The zero-order chi connectivity index (χ0) is 11.4. The van der Waals surface area contributed by atoms with Crippen LogP contribution in [0.3, 0.4) is 0 Å². The molecule has 1 atom stereocenters. The van der Waals surface area contributed by atoms with Crippen LogP contribution in [0.4, 0.5) is 4.79 Å². The summed E-state index contributed by atoms with van der Waals surface area (Å²) >= 11 is 0. The van der Waals surface area contributed by atoms with Crippen LogP contribution in [0.15, 0.2) is 0 Å². The minimum Gasteiger partial charge on any atom is -0.465 e. The molecule has 1 fully saturated rings. The molecule has 0 saturated carbocycles. The van der Waals surface area contributed by atoms with Gasteiger partial charge in [0.15, 0.2) is 0 Å². The average molecular weight is 214 g/mol. The summed E-state index contributed by atoms with van der Waals surface area (Å²) in [6, 6.07) is 0. The predicted molar refractivity (Wildman–Crippen MR) is 55.6 cm³/mol. The summed E-state index contributed by atoms with van der Waals surface area (Å²) in [6.45, 7) is 6.09. The highest BCUT2D eigenvalue weighted by atomic mass is 16.4. The number of hydrogen-bond acceptors (Lipinski definition) is 2. The molecule has 5 nitrogen and oxygen atoms in total. The number of carboxylic acid groups (broad SMARTS) is 1. The van der Waals surface area contributed by atoms with Gasteiger partial charge in [0.05, 0.1) is 5.92 Å². The number of carbonyl (C=O) groups excluding carboxylic acids is 1. The van der Waals surface area contributed by atoms with Crippen LogP contribution in [-0.2, 0) is 4.79 Å². The summed E-state index contributed by atoms with van der Waals surface area (Å²) in [5, 5.41) is 8.77. The quantitative estimate of drug-likeness (QED) is 0.757. The van der Waals surface area contributed by atoms with E-state index >= 15 is 0 Å². The topological polar surface area (TPSA) is 60.9 Å². The zero-order valence-electron chi connectivity index (χ0n) is 9.27. The Morgan fingerprint density at radius 3 is 2.40 bits per heavy atom. The number of carbonyl (C=O) groups is 2. The van der Waals surface area contributed by atoms with Gasteiger partial charge in [-0.25, -0.2) is 4.79 Å². The van der Waals surface area contributed by atoms with Crippen molar-refractivity contribution in [2.45, 2.75) is 20.3 Å². The fourth-order valence-electron chi connectivity index (χ4n) is 1.93. The first kappa shape index (κ1) is 11.8. The maximum Gasteiger partial charge on any atom is 0.407 e. The van der Waals surface area contributed by atoms with Crippen LogP contribution in [-0.4, -0.2) is 53.1 Å². The maximum atomic E-state index is 11.9. The molecule has 0 aromatic carbocycles. The molecule has 5 heteroatoms. The number of amides is 2. The molecular weight excluding hydrogens is 196 g/mol. The van der Waals surface area contributed by atoms with Crippen molar-refractivity contribution in [3.63, 3.8) is 0 Å². The van der Waals surface area contributed by atoms with Crippen LogP contribution >= 0.6 is 0 Å². The van der Waals surface area contributed by atoms with E-state index in [2.05, 4.69) is 0 Å². The summed E-state index contributed by atoms with van der Waals surface area (Å²) in [5.74, 6) is -0.0512. The van der Waals surface area contributed by atoms with E-state index in [4.69, 9.17) is 5.11 Å². The summed E-state index contributed by atoms with van der Waals surface area (Å²) in [4.78, 5) is 25.6. The summed E-state index contributed by atoms with van der Waals surface area (Å²) in [5.41, 5.74) is 0. The van der Waals surface area contributed by atoms with Gasteiger partial charge in [-0.05, 0) is 20.3 Å². The smallest absolute Gasteiger partial charge is 0.407 e. The lowest BCUT2D eigenvalue weighted by Crippen LogP contribution is -2.37. The Bertz CT molecular complexity index is 251. The first-order valence-electron chi connectivity index (χ1n) is 5.36. The monoisotopic (exact) mass is 214 g/mol. The Hall–Kier alpha value is -1.26. The highest BCUT2D eigenvalue weighted by molar-refractivity contribution is 5.80. The Morgan fingerprint density at radius 2 is 2.00 bits per heavy atom. The van der Waals surface area contributed by atoms with Crippen LogP contribution in [0.1, 0.15) is 20.3 Å². The molecule has 1 saturated heterocycles. The molecular formula is C10H18N2O3. The number of nitrogens with zero attached hydrogens (tertiary/aromatic N) is 2. The van der Waals surface area contributed by atoms with Crippen LogP contribution in [0.2, 0.25) is 0 Å². The van der Waals surface area contributed by atoms with Gasteiger partial charge in [-0.2, -0.15) is 0 Å². The van der Waals surface area contributed by atoms with Gasteiger partial charge >= 0.3 is 6.09 Å². The van der Waals surface area contributed by atoms with E-state index in [1.54, 1.807) is 4.90 Å². The molecule has 0 aromatic rings. The first-order valence-corrected chi connectivity index (χ1v) is 5.36. The molecule has 0 aliphatic carbocycles. The van der Waals surface area contributed by atoms with Gasteiger partial charge in [-0.3, -0.25) is 4.79 Å². The number of rotatable bonds is 3. The second kappa shape index (κ2) is 5.00. The molecule has 1 aliphatic heterocycles. The fraction of sp³-hybridized carbons (Fsp3) is 0.800. The van der Waals surface area contributed by atoms with E-state index in [9.17, 15) is 9.59 Å². The minimum absolute atomic E-state index is 0.0868. The van der Waals surface area contributed by atoms with Crippen LogP contribution in [0, 0.1) is 5.92 Å². The fourth-order valence-corrected chi connectivity index (χ4v) is 1.93. The van der Waals surface area contributed by atoms with Crippen molar-refractivity contribution in [2.75, 3.05) is 26.2 Å². The summed E-state index contributed by atoms with van der Waals surface area (Å²) in [6.07, 6.45) is -0.272. The van der Waals surface area contributed by atoms with E-state index < -0.39 is 6.09 Å².